The molecule has 24 heavy (non-hydrogen) atoms. The lowest BCUT2D eigenvalue weighted by atomic mass is 9.77. The molecule has 7 heteroatoms. The van der Waals surface area contributed by atoms with Crippen molar-refractivity contribution < 1.29 is 14.8 Å². The standard InChI is InChI=1S/C17H25N3O4/c1-2-17(13-21)8-11-19(12-9-17)16(22)7-10-18-14-5-3-4-6-15(14)20(23)24/h3-6,18,21H,2,7-13H2,1H3. The number of carbonyl (C=O) groups is 1. The Hall–Kier alpha value is -2.15. The van der Waals surface area contributed by atoms with Crippen molar-refractivity contribution in [2.45, 2.75) is 32.6 Å². The maximum atomic E-state index is 12.3. The highest BCUT2D eigenvalue weighted by atomic mass is 16.6. The van der Waals surface area contributed by atoms with Gasteiger partial charge in [0.15, 0.2) is 0 Å². The maximum Gasteiger partial charge on any atom is 0.292 e. The average Bonchev–Trinajstić information content (AvgIpc) is 2.62. The van der Waals surface area contributed by atoms with E-state index >= 15 is 0 Å². The SMILES string of the molecule is CCC1(CO)CCN(C(=O)CCNc2ccccc2[N+](=O)[O-])CC1. The van der Waals surface area contributed by atoms with Crippen LogP contribution < -0.4 is 5.32 Å². The summed E-state index contributed by atoms with van der Waals surface area (Å²) < 4.78 is 0. The molecule has 0 spiro atoms. The third kappa shape index (κ3) is 4.23. The van der Waals surface area contributed by atoms with Gasteiger partial charge in [0.05, 0.1) is 4.92 Å². The number of likely N-dealkylation sites (tertiary alicyclic amines) is 1. The van der Waals surface area contributed by atoms with E-state index in [9.17, 15) is 20.0 Å². The number of nitro groups is 1. The van der Waals surface area contributed by atoms with E-state index in [4.69, 9.17) is 0 Å². The van der Waals surface area contributed by atoms with Crippen molar-refractivity contribution in [1.82, 2.24) is 4.90 Å². The lowest BCUT2D eigenvalue weighted by Crippen LogP contribution is -2.44. The van der Waals surface area contributed by atoms with Gasteiger partial charge in [-0.25, -0.2) is 0 Å². The van der Waals surface area contributed by atoms with Gasteiger partial charge >= 0.3 is 0 Å². The Morgan fingerprint density at radius 3 is 2.62 bits per heavy atom. The van der Waals surface area contributed by atoms with Gasteiger partial charge in [0.2, 0.25) is 5.91 Å². The molecular formula is C17H25N3O4. The third-order valence-electron chi connectivity index (χ3n) is 5.02. The molecule has 0 radical (unpaired) electrons. The lowest BCUT2D eigenvalue weighted by molar-refractivity contribution is -0.384. The van der Waals surface area contributed by atoms with Crippen molar-refractivity contribution in [1.29, 1.82) is 0 Å². The molecule has 0 atom stereocenters. The third-order valence-corrected chi connectivity index (χ3v) is 5.02. The number of carbonyl (C=O) groups excluding carboxylic acids is 1. The molecule has 1 fully saturated rings. The van der Waals surface area contributed by atoms with E-state index in [1.807, 2.05) is 4.90 Å². The molecule has 0 aliphatic carbocycles. The molecule has 2 rings (SSSR count). The van der Waals surface area contributed by atoms with Gasteiger partial charge in [0.1, 0.15) is 5.69 Å². The number of nitrogens with one attached hydrogen (secondary N) is 1. The highest BCUT2D eigenvalue weighted by molar-refractivity contribution is 5.77. The molecule has 0 unspecified atom stereocenters. The van der Waals surface area contributed by atoms with Crippen LogP contribution in [0.5, 0.6) is 0 Å². The first-order chi connectivity index (χ1) is 11.5. The molecule has 0 bridgehead atoms. The topological polar surface area (TPSA) is 95.7 Å². The maximum absolute atomic E-state index is 12.3. The molecule has 1 aromatic carbocycles. The van der Waals surface area contributed by atoms with Crippen LogP contribution in [0.3, 0.4) is 0 Å². The summed E-state index contributed by atoms with van der Waals surface area (Å²) in [6.45, 7) is 3.94. The molecule has 1 heterocycles. The quantitative estimate of drug-likeness (QED) is 0.589. The second-order valence-corrected chi connectivity index (χ2v) is 6.34. The first-order valence-electron chi connectivity index (χ1n) is 8.37. The number of hydrogen-bond donors (Lipinski definition) is 2. The molecule has 2 N–H and O–H groups in total. The van der Waals surface area contributed by atoms with Crippen molar-refractivity contribution in [2.24, 2.45) is 5.41 Å². The Bertz CT molecular complexity index is 577. The van der Waals surface area contributed by atoms with Crippen LogP contribution in [0.2, 0.25) is 0 Å². The van der Waals surface area contributed by atoms with E-state index in [-0.39, 0.29) is 23.6 Å². The summed E-state index contributed by atoms with van der Waals surface area (Å²) in [6.07, 6.45) is 2.86. The van der Waals surface area contributed by atoms with Crippen molar-refractivity contribution in [3.8, 4) is 0 Å². The van der Waals surface area contributed by atoms with Crippen molar-refractivity contribution in [2.75, 3.05) is 31.6 Å². The monoisotopic (exact) mass is 335 g/mol. The average molecular weight is 335 g/mol. The van der Waals surface area contributed by atoms with Crippen LogP contribution in [0.25, 0.3) is 0 Å². The molecule has 132 valence electrons. The van der Waals surface area contributed by atoms with Gasteiger partial charge in [0.25, 0.3) is 5.69 Å². The van der Waals surface area contributed by atoms with Gasteiger partial charge < -0.3 is 15.3 Å². The zero-order valence-corrected chi connectivity index (χ0v) is 14.0. The first kappa shape index (κ1) is 18.2. The van der Waals surface area contributed by atoms with Crippen LogP contribution in [0.4, 0.5) is 11.4 Å². The van der Waals surface area contributed by atoms with Crippen LogP contribution in [-0.2, 0) is 4.79 Å². The second-order valence-electron chi connectivity index (χ2n) is 6.34. The molecule has 7 nitrogen and oxygen atoms in total. The zero-order chi connectivity index (χ0) is 17.6. The number of para-hydroxylation sites is 2. The van der Waals surface area contributed by atoms with E-state index < -0.39 is 4.92 Å². The van der Waals surface area contributed by atoms with Gasteiger partial charge in [-0.15, -0.1) is 0 Å². The highest BCUT2D eigenvalue weighted by Crippen LogP contribution is 2.34. The Morgan fingerprint density at radius 2 is 2.04 bits per heavy atom. The molecule has 1 aromatic rings. The Balaban J connectivity index is 1.82. The smallest absolute Gasteiger partial charge is 0.292 e. The number of nitro benzene ring substituents is 1. The summed E-state index contributed by atoms with van der Waals surface area (Å²) in [5.74, 6) is 0.0451. The highest BCUT2D eigenvalue weighted by Gasteiger charge is 2.33. The summed E-state index contributed by atoms with van der Waals surface area (Å²) in [5.41, 5.74) is 0.400. The summed E-state index contributed by atoms with van der Waals surface area (Å²) in [5, 5.41) is 23.5. The van der Waals surface area contributed by atoms with Crippen LogP contribution >= 0.6 is 0 Å². The largest absolute Gasteiger partial charge is 0.396 e. The number of amides is 1. The van der Waals surface area contributed by atoms with E-state index in [0.29, 0.717) is 31.7 Å². The van der Waals surface area contributed by atoms with Gasteiger partial charge in [-0.1, -0.05) is 19.1 Å². The minimum Gasteiger partial charge on any atom is -0.396 e. The van der Waals surface area contributed by atoms with E-state index in [1.54, 1.807) is 18.2 Å². The lowest BCUT2D eigenvalue weighted by Gasteiger charge is -2.40. The predicted molar refractivity (Wildman–Crippen MR) is 91.8 cm³/mol. The van der Waals surface area contributed by atoms with Crippen LogP contribution in [0.1, 0.15) is 32.6 Å². The number of aliphatic hydroxyl groups is 1. The van der Waals surface area contributed by atoms with Crippen molar-refractivity contribution >= 4 is 17.3 Å². The molecule has 1 aliphatic rings. The minimum atomic E-state index is -0.436. The van der Waals surface area contributed by atoms with E-state index in [0.717, 1.165) is 19.3 Å². The summed E-state index contributed by atoms with van der Waals surface area (Å²) in [7, 11) is 0. The van der Waals surface area contributed by atoms with Gasteiger partial charge in [-0.3, -0.25) is 14.9 Å². The Kier molecular flexibility index (Phi) is 6.14. The van der Waals surface area contributed by atoms with E-state index in [1.165, 1.54) is 6.07 Å². The van der Waals surface area contributed by atoms with Crippen molar-refractivity contribution in [3.63, 3.8) is 0 Å². The Labute approximate surface area is 141 Å². The minimum absolute atomic E-state index is 0.0126. The first-order valence-corrected chi connectivity index (χ1v) is 8.37. The van der Waals surface area contributed by atoms with Crippen LogP contribution in [0.15, 0.2) is 24.3 Å². The number of benzene rings is 1. The fraction of sp³-hybridized carbons (Fsp3) is 0.588. The number of aliphatic hydroxyl groups excluding tert-OH is 1. The summed E-state index contributed by atoms with van der Waals surface area (Å²) in [4.78, 5) is 24.6. The predicted octanol–water partition coefficient (Wildman–Crippen LogP) is 2.41. The zero-order valence-electron chi connectivity index (χ0n) is 14.0. The summed E-state index contributed by atoms with van der Waals surface area (Å²) >= 11 is 0. The van der Waals surface area contributed by atoms with Crippen LogP contribution in [0, 0.1) is 15.5 Å². The Morgan fingerprint density at radius 1 is 1.38 bits per heavy atom. The number of hydrogen-bond acceptors (Lipinski definition) is 5. The number of rotatable bonds is 7. The second kappa shape index (κ2) is 8.10. The molecule has 1 saturated heterocycles. The molecule has 0 saturated carbocycles. The number of anilines is 1. The van der Waals surface area contributed by atoms with Crippen molar-refractivity contribution in [3.05, 3.63) is 34.4 Å². The van der Waals surface area contributed by atoms with E-state index in [2.05, 4.69) is 12.2 Å². The molecule has 1 aliphatic heterocycles. The molecular weight excluding hydrogens is 310 g/mol. The molecule has 1 amide bonds. The number of nitrogens with zero attached hydrogens (tertiary/aromatic N) is 2. The van der Waals surface area contributed by atoms with Gasteiger partial charge in [0, 0.05) is 38.7 Å². The normalized spacial score (nSPS) is 16.7. The van der Waals surface area contributed by atoms with Gasteiger partial charge in [-0.2, -0.15) is 0 Å². The fourth-order valence-electron chi connectivity index (χ4n) is 3.10. The fourth-order valence-corrected chi connectivity index (χ4v) is 3.10. The van der Waals surface area contributed by atoms with Gasteiger partial charge in [-0.05, 0) is 30.7 Å². The molecule has 0 aromatic heterocycles. The summed E-state index contributed by atoms with van der Waals surface area (Å²) in [6, 6.07) is 6.42. The number of piperidine rings is 1. The van der Waals surface area contributed by atoms with Crippen LogP contribution in [-0.4, -0.2) is 47.1 Å².